The third-order valence-corrected chi connectivity index (χ3v) is 4.41. The van der Waals surface area contributed by atoms with Crippen LogP contribution in [0.2, 0.25) is 0 Å². The summed E-state index contributed by atoms with van der Waals surface area (Å²) < 4.78 is 7.93. The Morgan fingerprint density at radius 1 is 1.36 bits per heavy atom. The number of anilines is 1. The quantitative estimate of drug-likeness (QED) is 0.711. The lowest BCUT2D eigenvalue weighted by molar-refractivity contribution is -0.122. The van der Waals surface area contributed by atoms with E-state index in [1.165, 1.54) is 19.3 Å². The highest BCUT2D eigenvalue weighted by Crippen LogP contribution is 2.36. The zero-order valence-electron chi connectivity index (χ0n) is 14.1. The number of rotatable bonds is 5. The molecule has 4 rings (SSSR count). The SMILES string of the molecule is CN(CCn1cnc2ccccc21)c1nnc(C2CCC2)o1.O=CO. The maximum absolute atomic E-state index is 8.36. The van der Waals surface area contributed by atoms with Crippen LogP contribution in [0.15, 0.2) is 35.0 Å². The Balaban J connectivity index is 0.000000569. The molecule has 132 valence electrons. The standard InChI is InChI=1S/C16H19N5O.CH2O2/c1-20(16-19-18-15(22-16)12-5-4-6-12)9-10-21-11-17-13-7-2-3-8-14(13)21;2-1-3/h2-3,7-8,11-12H,4-6,9-10H2,1H3;1H,(H,2,3). The third kappa shape index (κ3) is 3.78. The normalized spacial score (nSPS) is 13.8. The average Bonchev–Trinajstić information content (AvgIpc) is 3.19. The van der Waals surface area contributed by atoms with Gasteiger partial charge in [-0.25, -0.2) is 4.98 Å². The molecular formula is C17H21N5O3. The van der Waals surface area contributed by atoms with Crippen LogP contribution in [0.3, 0.4) is 0 Å². The summed E-state index contributed by atoms with van der Waals surface area (Å²) in [7, 11) is 1.98. The molecule has 2 aromatic heterocycles. The van der Waals surface area contributed by atoms with Crippen molar-refractivity contribution in [3.8, 4) is 0 Å². The molecule has 0 atom stereocenters. The second-order valence-electron chi connectivity index (χ2n) is 6.00. The summed E-state index contributed by atoms with van der Waals surface area (Å²) in [6.45, 7) is 1.38. The summed E-state index contributed by atoms with van der Waals surface area (Å²) >= 11 is 0. The molecular weight excluding hydrogens is 322 g/mol. The largest absolute Gasteiger partial charge is 0.483 e. The van der Waals surface area contributed by atoms with Crippen LogP contribution in [0.5, 0.6) is 0 Å². The Labute approximate surface area is 145 Å². The van der Waals surface area contributed by atoms with Crippen LogP contribution in [-0.4, -0.2) is 44.9 Å². The molecule has 1 saturated carbocycles. The Morgan fingerprint density at radius 2 is 2.12 bits per heavy atom. The Kier molecular flexibility index (Phi) is 5.27. The Bertz CT molecular complexity index is 824. The molecule has 1 N–H and O–H groups in total. The molecule has 0 spiro atoms. The lowest BCUT2D eigenvalue weighted by Gasteiger charge is -2.21. The Hall–Kier alpha value is -2.90. The van der Waals surface area contributed by atoms with E-state index in [0.29, 0.717) is 11.9 Å². The van der Waals surface area contributed by atoms with Gasteiger partial charge in [0.2, 0.25) is 5.89 Å². The van der Waals surface area contributed by atoms with E-state index in [1.54, 1.807) is 0 Å². The van der Waals surface area contributed by atoms with E-state index in [1.807, 2.05) is 36.5 Å². The van der Waals surface area contributed by atoms with Crippen molar-refractivity contribution in [3.63, 3.8) is 0 Å². The van der Waals surface area contributed by atoms with E-state index in [9.17, 15) is 0 Å². The first-order valence-electron chi connectivity index (χ1n) is 8.25. The molecule has 0 amide bonds. The highest BCUT2D eigenvalue weighted by Gasteiger charge is 2.25. The van der Waals surface area contributed by atoms with Gasteiger partial charge in [-0.15, -0.1) is 5.10 Å². The summed E-state index contributed by atoms with van der Waals surface area (Å²) in [5.41, 5.74) is 2.17. The number of fused-ring (bicyclic) bond motifs is 1. The first kappa shape index (κ1) is 16.9. The van der Waals surface area contributed by atoms with Gasteiger partial charge in [-0.05, 0) is 25.0 Å². The fourth-order valence-corrected chi connectivity index (χ4v) is 2.74. The van der Waals surface area contributed by atoms with E-state index >= 15 is 0 Å². The predicted octanol–water partition coefficient (Wildman–Crippen LogP) is 2.52. The number of likely N-dealkylation sites (N-methyl/N-ethyl adjacent to an activating group) is 1. The molecule has 1 aliphatic carbocycles. The second-order valence-corrected chi connectivity index (χ2v) is 6.00. The number of hydrogen-bond donors (Lipinski definition) is 1. The van der Waals surface area contributed by atoms with Gasteiger partial charge in [-0.3, -0.25) is 4.79 Å². The number of aromatic nitrogens is 4. The fraction of sp³-hybridized carbons (Fsp3) is 0.412. The van der Waals surface area contributed by atoms with Crippen LogP contribution in [-0.2, 0) is 11.3 Å². The van der Waals surface area contributed by atoms with Crippen LogP contribution in [0, 0.1) is 0 Å². The summed E-state index contributed by atoms with van der Waals surface area (Å²) in [6.07, 6.45) is 5.50. The molecule has 0 bridgehead atoms. The van der Waals surface area contributed by atoms with E-state index in [2.05, 4.69) is 25.8 Å². The van der Waals surface area contributed by atoms with Crippen LogP contribution < -0.4 is 4.90 Å². The summed E-state index contributed by atoms with van der Waals surface area (Å²) in [5, 5.41) is 15.2. The van der Waals surface area contributed by atoms with Gasteiger partial charge in [0.25, 0.3) is 6.47 Å². The lowest BCUT2D eigenvalue weighted by Crippen LogP contribution is -2.22. The van der Waals surface area contributed by atoms with Crippen molar-refractivity contribution < 1.29 is 14.3 Å². The zero-order chi connectivity index (χ0) is 17.6. The van der Waals surface area contributed by atoms with Crippen molar-refractivity contribution in [2.24, 2.45) is 0 Å². The number of carbonyl (C=O) groups is 1. The smallest absolute Gasteiger partial charge is 0.317 e. The molecule has 3 aromatic rings. The van der Waals surface area contributed by atoms with E-state index < -0.39 is 0 Å². The molecule has 0 radical (unpaired) electrons. The first-order chi connectivity index (χ1) is 12.2. The van der Waals surface area contributed by atoms with Crippen molar-refractivity contribution >= 4 is 23.5 Å². The van der Waals surface area contributed by atoms with Crippen molar-refractivity contribution in [1.82, 2.24) is 19.7 Å². The molecule has 1 fully saturated rings. The number of nitrogens with zero attached hydrogens (tertiary/aromatic N) is 5. The minimum absolute atomic E-state index is 0.250. The van der Waals surface area contributed by atoms with Gasteiger partial charge in [-0.2, -0.15) is 0 Å². The van der Waals surface area contributed by atoms with Gasteiger partial charge < -0.3 is 19.0 Å². The molecule has 25 heavy (non-hydrogen) atoms. The monoisotopic (exact) mass is 343 g/mol. The van der Waals surface area contributed by atoms with Gasteiger partial charge in [0.15, 0.2) is 0 Å². The average molecular weight is 343 g/mol. The van der Waals surface area contributed by atoms with Gasteiger partial charge in [0.1, 0.15) is 0 Å². The Morgan fingerprint density at radius 3 is 2.84 bits per heavy atom. The molecule has 2 heterocycles. The molecule has 8 heteroatoms. The molecule has 0 unspecified atom stereocenters. The molecule has 0 aliphatic heterocycles. The second kappa shape index (κ2) is 7.78. The topological polar surface area (TPSA) is 97.3 Å². The number of carboxylic acid groups (broad SMARTS) is 1. The van der Waals surface area contributed by atoms with Crippen molar-refractivity contribution in [3.05, 3.63) is 36.5 Å². The van der Waals surface area contributed by atoms with Crippen molar-refractivity contribution in [2.75, 3.05) is 18.5 Å². The van der Waals surface area contributed by atoms with E-state index in [4.69, 9.17) is 14.3 Å². The fourth-order valence-electron chi connectivity index (χ4n) is 2.74. The summed E-state index contributed by atoms with van der Waals surface area (Å²) in [6, 6.07) is 8.76. The lowest BCUT2D eigenvalue weighted by atomic mass is 9.85. The zero-order valence-corrected chi connectivity index (χ0v) is 14.1. The number of hydrogen-bond acceptors (Lipinski definition) is 6. The maximum atomic E-state index is 8.36. The first-order valence-corrected chi connectivity index (χ1v) is 8.25. The van der Waals surface area contributed by atoms with Crippen LogP contribution in [0.1, 0.15) is 31.1 Å². The van der Waals surface area contributed by atoms with E-state index in [0.717, 1.165) is 30.0 Å². The van der Waals surface area contributed by atoms with Crippen LogP contribution >= 0.6 is 0 Å². The minimum Gasteiger partial charge on any atom is -0.483 e. The van der Waals surface area contributed by atoms with Crippen molar-refractivity contribution in [1.29, 1.82) is 0 Å². The summed E-state index contributed by atoms with van der Waals surface area (Å²) in [5.74, 6) is 1.27. The minimum atomic E-state index is -0.250. The molecule has 1 aliphatic rings. The van der Waals surface area contributed by atoms with Crippen LogP contribution in [0.4, 0.5) is 6.01 Å². The predicted molar refractivity (Wildman–Crippen MR) is 92.6 cm³/mol. The molecule has 0 saturated heterocycles. The highest BCUT2D eigenvalue weighted by molar-refractivity contribution is 5.74. The van der Waals surface area contributed by atoms with E-state index in [-0.39, 0.29) is 6.47 Å². The third-order valence-electron chi connectivity index (χ3n) is 4.41. The number of imidazole rings is 1. The number of benzene rings is 1. The van der Waals surface area contributed by atoms with Gasteiger partial charge in [-0.1, -0.05) is 23.7 Å². The van der Waals surface area contributed by atoms with Gasteiger partial charge in [0.05, 0.1) is 17.4 Å². The molecule has 1 aromatic carbocycles. The maximum Gasteiger partial charge on any atom is 0.317 e. The molecule has 8 nitrogen and oxygen atoms in total. The number of para-hydroxylation sites is 2. The van der Waals surface area contributed by atoms with Gasteiger partial charge >= 0.3 is 6.01 Å². The van der Waals surface area contributed by atoms with Crippen LogP contribution in [0.25, 0.3) is 11.0 Å². The summed E-state index contributed by atoms with van der Waals surface area (Å²) in [4.78, 5) is 14.8. The van der Waals surface area contributed by atoms with Crippen molar-refractivity contribution in [2.45, 2.75) is 31.7 Å². The highest BCUT2D eigenvalue weighted by atomic mass is 16.4. The van der Waals surface area contributed by atoms with Gasteiger partial charge in [0, 0.05) is 26.1 Å².